The zero-order valence-corrected chi connectivity index (χ0v) is 13.8. The fraction of sp³-hybridized carbons (Fsp3) is 0.692. The zero-order valence-electron chi connectivity index (χ0n) is 11.4. The smallest absolute Gasteiger partial charge is 0.303 e. The number of rotatable bonds is 6. The van der Waals surface area contributed by atoms with Crippen LogP contribution in [0.1, 0.15) is 38.1 Å². The van der Waals surface area contributed by atoms with Crippen molar-refractivity contribution in [2.24, 2.45) is 0 Å². The SMILES string of the molecule is Cl.O=C(O)CCCCN1CCC(n2cc(Br)cn2)CC1. The highest BCUT2D eigenvalue weighted by molar-refractivity contribution is 9.10. The van der Waals surface area contributed by atoms with Gasteiger partial charge in [-0.2, -0.15) is 5.10 Å². The summed E-state index contributed by atoms with van der Waals surface area (Å²) in [6, 6.07) is 0.501. The molecule has 7 heteroatoms. The van der Waals surface area contributed by atoms with E-state index in [4.69, 9.17) is 5.11 Å². The molecule has 1 aromatic rings. The van der Waals surface area contributed by atoms with Gasteiger partial charge in [-0.15, -0.1) is 12.4 Å². The first-order valence-electron chi connectivity index (χ1n) is 6.79. The van der Waals surface area contributed by atoms with Gasteiger partial charge in [-0.3, -0.25) is 9.48 Å². The van der Waals surface area contributed by atoms with Gasteiger partial charge >= 0.3 is 5.97 Å². The Balaban J connectivity index is 0.00000200. The lowest BCUT2D eigenvalue weighted by atomic mass is 10.0. The third kappa shape index (κ3) is 5.42. The first kappa shape index (κ1) is 17.5. The van der Waals surface area contributed by atoms with E-state index in [0.29, 0.717) is 6.04 Å². The van der Waals surface area contributed by atoms with Crippen molar-refractivity contribution in [3.8, 4) is 0 Å². The molecule has 0 amide bonds. The molecule has 2 heterocycles. The van der Waals surface area contributed by atoms with Gasteiger partial charge in [0.25, 0.3) is 0 Å². The average molecular weight is 367 g/mol. The predicted octanol–water partition coefficient (Wildman–Crippen LogP) is 2.96. The van der Waals surface area contributed by atoms with Crippen molar-refractivity contribution in [1.82, 2.24) is 14.7 Å². The van der Waals surface area contributed by atoms with E-state index in [1.54, 1.807) is 0 Å². The Morgan fingerprint density at radius 3 is 2.65 bits per heavy atom. The summed E-state index contributed by atoms with van der Waals surface area (Å²) in [4.78, 5) is 12.9. The van der Waals surface area contributed by atoms with E-state index in [-0.39, 0.29) is 18.8 Å². The lowest BCUT2D eigenvalue weighted by Crippen LogP contribution is -2.35. The molecule has 1 fully saturated rings. The van der Waals surface area contributed by atoms with Crippen LogP contribution in [0.4, 0.5) is 0 Å². The van der Waals surface area contributed by atoms with Crippen LogP contribution in [0.15, 0.2) is 16.9 Å². The minimum atomic E-state index is -0.692. The van der Waals surface area contributed by atoms with E-state index in [2.05, 4.69) is 25.9 Å². The molecule has 0 saturated carbocycles. The molecule has 20 heavy (non-hydrogen) atoms. The number of halogens is 2. The van der Waals surface area contributed by atoms with Crippen molar-refractivity contribution in [2.75, 3.05) is 19.6 Å². The molecule has 0 unspecified atom stereocenters. The van der Waals surface area contributed by atoms with Crippen molar-refractivity contribution in [1.29, 1.82) is 0 Å². The van der Waals surface area contributed by atoms with Gasteiger partial charge < -0.3 is 10.0 Å². The average Bonchev–Trinajstić information content (AvgIpc) is 2.82. The number of unbranched alkanes of at least 4 members (excludes halogenated alkanes) is 1. The highest BCUT2D eigenvalue weighted by atomic mass is 79.9. The summed E-state index contributed by atoms with van der Waals surface area (Å²) in [5, 5.41) is 12.9. The van der Waals surface area contributed by atoms with Gasteiger partial charge in [0.2, 0.25) is 0 Å². The molecule has 1 aromatic heterocycles. The lowest BCUT2D eigenvalue weighted by Gasteiger charge is -2.31. The van der Waals surface area contributed by atoms with Gasteiger partial charge in [0.15, 0.2) is 0 Å². The molecular weight excluding hydrogens is 346 g/mol. The maximum atomic E-state index is 10.4. The molecule has 1 N–H and O–H groups in total. The number of aliphatic carboxylic acids is 1. The first-order valence-corrected chi connectivity index (χ1v) is 7.58. The van der Waals surface area contributed by atoms with E-state index in [9.17, 15) is 4.79 Å². The lowest BCUT2D eigenvalue weighted by molar-refractivity contribution is -0.137. The molecule has 0 aliphatic carbocycles. The van der Waals surface area contributed by atoms with Gasteiger partial charge in [-0.05, 0) is 48.2 Å². The van der Waals surface area contributed by atoms with E-state index in [0.717, 1.165) is 49.8 Å². The van der Waals surface area contributed by atoms with Crippen LogP contribution in [0, 0.1) is 0 Å². The van der Waals surface area contributed by atoms with E-state index < -0.39 is 5.97 Å². The Kier molecular flexibility index (Phi) is 7.55. The Morgan fingerprint density at radius 1 is 1.40 bits per heavy atom. The molecule has 2 rings (SSSR count). The summed E-state index contributed by atoms with van der Waals surface area (Å²) in [6.45, 7) is 3.17. The van der Waals surface area contributed by atoms with Crippen molar-refractivity contribution in [3.63, 3.8) is 0 Å². The highest BCUT2D eigenvalue weighted by Crippen LogP contribution is 2.23. The summed E-state index contributed by atoms with van der Waals surface area (Å²) in [5.74, 6) is -0.692. The van der Waals surface area contributed by atoms with Gasteiger partial charge in [-0.25, -0.2) is 0 Å². The number of carbonyl (C=O) groups is 1. The van der Waals surface area contributed by atoms with E-state index in [1.165, 1.54) is 0 Å². The number of hydrogen-bond acceptors (Lipinski definition) is 3. The highest BCUT2D eigenvalue weighted by Gasteiger charge is 2.20. The normalized spacial score (nSPS) is 16.9. The summed E-state index contributed by atoms with van der Waals surface area (Å²) in [6.07, 6.45) is 8.15. The molecule has 0 bridgehead atoms. The van der Waals surface area contributed by atoms with Crippen LogP contribution < -0.4 is 0 Å². The minimum Gasteiger partial charge on any atom is -0.481 e. The van der Waals surface area contributed by atoms with Crippen molar-refractivity contribution in [2.45, 2.75) is 38.1 Å². The first-order chi connectivity index (χ1) is 9.15. The maximum absolute atomic E-state index is 10.4. The summed E-state index contributed by atoms with van der Waals surface area (Å²) in [5.41, 5.74) is 0. The van der Waals surface area contributed by atoms with Gasteiger partial charge in [0.05, 0.1) is 16.7 Å². The standard InChI is InChI=1S/C13H20BrN3O2.ClH/c14-11-9-15-17(10-11)12-4-7-16(8-5-12)6-2-1-3-13(18)19;/h9-10,12H,1-8H2,(H,18,19);1H. The molecule has 0 aromatic carbocycles. The Labute approximate surface area is 133 Å². The van der Waals surface area contributed by atoms with Crippen molar-refractivity contribution < 1.29 is 9.90 Å². The topological polar surface area (TPSA) is 58.4 Å². The summed E-state index contributed by atoms with van der Waals surface area (Å²) < 4.78 is 3.08. The molecule has 0 radical (unpaired) electrons. The number of carboxylic acids is 1. The maximum Gasteiger partial charge on any atom is 0.303 e. The Bertz CT molecular complexity index is 420. The van der Waals surface area contributed by atoms with Gasteiger partial charge in [0, 0.05) is 25.7 Å². The van der Waals surface area contributed by atoms with Gasteiger partial charge in [-0.1, -0.05) is 0 Å². The molecule has 1 aliphatic rings. The quantitative estimate of drug-likeness (QED) is 0.786. The number of aromatic nitrogens is 2. The molecule has 1 saturated heterocycles. The van der Waals surface area contributed by atoms with Crippen LogP contribution in [-0.4, -0.2) is 45.4 Å². The second-order valence-electron chi connectivity index (χ2n) is 5.06. The van der Waals surface area contributed by atoms with Crippen molar-refractivity contribution >= 4 is 34.3 Å². The second-order valence-corrected chi connectivity index (χ2v) is 5.98. The number of carboxylic acid groups (broad SMARTS) is 1. The van der Waals surface area contributed by atoms with Crippen LogP contribution in [0.2, 0.25) is 0 Å². The predicted molar refractivity (Wildman–Crippen MR) is 83.4 cm³/mol. The van der Waals surface area contributed by atoms with E-state index >= 15 is 0 Å². The second kappa shape index (κ2) is 8.64. The molecule has 5 nitrogen and oxygen atoms in total. The number of likely N-dealkylation sites (tertiary alicyclic amines) is 1. The monoisotopic (exact) mass is 365 g/mol. The van der Waals surface area contributed by atoms with Crippen LogP contribution >= 0.6 is 28.3 Å². The number of nitrogens with zero attached hydrogens (tertiary/aromatic N) is 3. The molecule has 0 spiro atoms. The van der Waals surface area contributed by atoms with Crippen LogP contribution in [0.25, 0.3) is 0 Å². The minimum absolute atomic E-state index is 0. The van der Waals surface area contributed by atoms with Crippen LogP contribution in [0.3, 0.4) is 0 Å². The largest absolute Gasteiger partial charge is 0.481 e. The molecule has 1 aliphatic heterocycles. The summed E-state index contributed by atoms with van der Waals surface area (Å²) >= 11 is 3.42. The fourth-order valence-electron chi connectivity index (χ4n) is 2.53. The van der Waals surface area contributed by atoms with Crippen LogP contribution in [0.5, 0.6) is 0 Å². The summed E-state index contributed by atoms with van der Waals surface area (Å²) in [7, 11) is 0. The zero-order chi connectivity index (χ0) is 13.7. The Morgan fingerprint density at radius 2 is 2.10 bits per heavy atom. The molecular formula is C13H21BrClN3O2. The number of hydrogen-bond donors (Lipinski definition) is 1. The Hall–Kier alpha value is -0.590. The number of piperidine rings is 1. The van der Waals surface area contributed by atoms with Gasteiger partial charge in [0.1, 0.15) is 0 Å². The third-order valence-electron chi connectivity index (χ3n) is 3.62. The van der Waals surface area contributed by atoms with E-state index in [1.807, 2.05) is 17.1 Å². The van der Waals surface area contributed by atoms with Crippen LogP contribution in [-0.2, 0) is 4.79 Å². The third-order valence-corrected chi connectivity index (χ3v) is 4.03. The fourth-order valence-corrected chi connectivity index (χ4v) is 2.84. The molecule has 0 atom stereocenters. The van der Waals surface area contributed by atoms with Crippen molar-refractivity contribution in [3.05, 3.63) is 16.9 Å². The molecule has 114 valence electrons.